The number of rotatable bonds is 20. The molecule has 0 bridgehead atoms. The van der Waals surface area contributed by atoms with Gasteiger partial charge in [0.25, 0.3) is 0 Å². The predicted octanol–water partition coefficient (Wildman–Crippen LogP) is 3.62. The fraction of sp³-hybridized carbons (Fsp3) is 0.480. The number of nitrogens with one attached hydrogen (secondary N) is 2. The predicted molar refractivity (Wildman–Crippen MR) is 172 cm³/mol. The number of halogens is 2. The van der Waals surface area contributed by atoms with Crippen LogP contribution in [0.2, 0.25) is 0 Å². The van der Waals surface area contributed by atoms with Gasteiger partial charge in [0.1, 0.15) is 40.1 Å². The van der Waals surface area contributed by atoms with E-state index in [1.165, 1.54) is 49.9 Å². The molecule has 2 unspecified atom stereocenters. The van der Waals surface area contributed by atoms with Crippen LogP contribution < -0.4 is 10.6 Å². The van der Waals surface area contributed by atoms with Gasteiger partial charge in [0.2, 0.25) is 11.8 Å². The summed E-state index contributed by atoms with van der Waals surface area (Å²) in [6.45, 7) is 2.42. The third-order valence-electron chi connectivity index (χ3n) is 5.44. The number of aromatic nitrogens is 4. The van der Waals surface area contributed by atoms with Crippen LogP contribution in [0.5, 0.6) is 0 Å². The molecule has 2 heterocycles. The van der Waals surface area contributed by atoms with Gasteiger partial charge in [0.05, 0.1) is 26.6 Å². The molecule has 0 saturated heterocycles. The van der Waals surface area contributed by atoms with Crippen molar-refractivity contribution < 1.29 is 34.2 Å². The highest BCUT2D eigenvalue weighted by atomic mass is 35.5. The Kier molecular flexibility index (Phi) is 17.2. The second kappa shape index (κ2) is 19.9. The Balaban J connectivity index is 2.35. The molecule has 0 aliphatic carbocycles. The van der Waals surface area contributed by atoms with Crippen LogP contribution in [0, 0.1) is 0 Å². The van der Waals surface area contributed by atoms with E-state index in [2.05, 4.69) is 30.6 Å². The van der Waals surface area contributed by atoms with Gasteiger partial charge in [-0.2, -0.15) is 0 Å². The standard InChI is InChI=1S/C25H30Cl2N6O7S4/c1-13(34)31-17(24(37)38)8-41-19(16-7-22(44-11-27)30-12-29-16)5-15(36)6-20(23-28-4-3-21(33-23)43-10-26)42-9-18(25(39)40)32-14(2)35/h3-4,7,12,17-20H,5-6,8-11H2,1-2H3,(H,31,34)(H,32,35)(H,37,38)(H,39,40)/t17-,18-,19?,20?/m0/s1. The maximum absolute atomic E-state index is 13.6. The fourth-order valence-electron chi connectivity index (χ4n) is 3.55. The summed E-state index contributed by atoms with van der Waals surface area (Å²) in [6.07, 6.45) is 2.65. The van der Waals surface area contributed by atoms with E-state index in [4.69, 9.17) is 23.2 Å². The fourth-order valence-corrected chi connectivity index (χ4v) is 7.55. The van der Waals surface area contributed by atoms with Crippen LogP contribution in [0.4, 0.5) is 0 Å². The van der Waals surface area contributed by atoms with Crippen molar-refractivity contribution in [3.8, 4) is 0 Å². The third-order valence-corrected chi connectivity index (χ3v) is 10.00. The lowest BCUT2D eigenvalue weighted by atomic mass is 10.1. The molecule has 0 aliphatic heterocycles. The number of thioether (sulfide) groups is 4. The van der Waals surface area contributed by atoms with E-state index in [0.717, 1.165) is 23.5 Å². The monoisotopic (exact) mass is 724 g/mol. The van der Waals surface area contributed by atoms with Crippen LogP contribution >= 0.6 is 70.2 Å². The number of amides is 2. The van der Waals surface area contributed by atoms with Gasteiger partial charge in [0.15, 0.2) is 0 Å². The number of hydrogen-bond donors (Lipinski definition) is 4. The number of aliphatic carboxylic acids is 2. The van der Waals surface area contributed by atoms with Crippen molar-refractivity contribution in [1.82, 2.24) is 30.6 Å². The molecular weight excluding hydrogens is 695 g/mol. The molecule has 240 valence electrons. The first-order valence-electron chi connectivity index (χ1n) is 12.7. The number of hydrogen-bond acceptors (Lipinski definition) is 13. The molecule has 0 saturated carbocycles. The van der Waals surface area contributed by atoms with E-state index < -0.39 is 46.3 Å². The molecule has 13 nitrogen and oxygen atoms in total. The average Bonchev–Trinajstić information content (AvgIpc) is 2.96. The first-order valence-corrected chi connectivity index (χ1v) is 17.8. The van der Waals surface area contributed by atoms with Gasteiger partial charge in [-0.3, -0.25) is 14.4 Å². The van der Waals surface area contributed by atoms with E-state index in [-0.39, 0.29) is 46.4 Å². The van der Waals surface area contributed by atoms with Gasteiger partial charge in [-0.25, -0.2) is 29.5 Å². The summed E-state index contributed by atoms with van der Waals surface area (Å²) >= 11 is 16.4. The Hall–Kier alpha value is -2.31. The maximum Gasteiger partial charge on any atom is 0.327 e. The molecule has 4 N–H and O–H groups in total. The molecule has 0 radical (unpaired) electrons. The maximum atomic E-state index is 13.6. The molecule has 44 heavy (non-hydrogen) atoms. The quantitative estimate of drug-likeness (QED) is 0.0875. The summed E-state index contributed by atoms with van der Waals surface area (Å²) in [5, 5.41) is 24.2. The van der Waals surface area contributed by atoms with E-state index in [1.54, 1.807) is 12.1 Å². The topological polar surface area (TPSA) is 201 Å². The van der Waals surface area contributed by atoms with Crippen molar-refractivity contribution in [2.45, 2.75) is 59.3 Å². The lowest BCUT2D eigenvalue weighted by Gasteiger charge is -2.21. The SMILES string of the molecule is CC(=O)N[C@@H](CSC(CC(=O)CC(SC[C@H](NC(C)=O)C(=O)O)c1nccc(SCCl)n1)c1cc(SCCl)ncn1)C(=O)O. The lowest BCUT2D eigenvalue weighted by Crippen LogP contribution is -2.41. The number of nitrogens with zero attached hydrogens (tertiary/aromatic N) is 4. The van der Waals surface area contributed by atoms with Gasteiger partial charge >= 0.3 is 11.9 Å². The molecule has 2 rings (SSSR count). The first-order chi connectivity index (χ1) is 20.9. The molecule has 0 spiro atoms. The minimum Gasteiger partial charge on any atom is -0.480 e. The Morgan fingerprint density at radius 3 is 1.91 bits per heavy atom. The van der Waals surface area contributed by atoms with Crippen molar-refractivity contribution >= 4 is 99.8 Å². The largest absolute Gasteiger partial charge is 0.480 e. The zero-order chi connectivity index (χ0) is 32.6. The smallest absolute Gasteiger partial charge is 0.327 e. The first kappa shape index (κ1) is 37.9. The highest BCUT2D eigenvalue weighted by molar-refractivity contribution is 8.00. The number of alkyl halides is 2. The van der Waals surface area contributed by atoms with Crippen molar-refractivity contribution in [2.75, 3.05) is 21.9 Å². The van der Waals surface area contributed by atoms with Crippen molar-refractivity contribution in [1.29, 1.82) is 0 Å². The Morgan fingerprint density at radius 2 is 1.36 bits per heavy atom. The average molecular weight is 726 g/mol. The molecule has 2 aromatic rings. The molecule has 0 aromatic carbocycles. The van der Waals surface area contributed by atoms with Gasteiger partial charge in [-0.1, -0.05) is 23.5 Å². The summed E-state index contributed by atoms with van der Waals surface area (Å²) in [5.74, 6) is -3.58. The molecule has 0 fully saturated rings. The number of ketones is 1. The summed E-state index contributed by atoms with van der Waals surface area (Å²) in [7, 11) is 0. The second-order valence-electron chi connectivity index (χ2n) is 8.81. The molecule has 0 aliphatic rings. The summed E-state index contributed by atoms with van der Waals surface area (Å²) in [5.41, 5.74) is 0.468. The number of Topliss-reactive ketones (excluding diaryl/α,β-unsaturated/α-hetero) is 1. The van der Waals surface area contributed by atoms with E-state index in [9.17, 15) is 34.2 Å². The number of carboxylic acids is 2. The van der Waals surface area contributed by atoms with Crippen LogP contribution in [-0.4, -0.2) is 93.7 Å². The molecule has 4 atom stereocenters. The number of carbonyl (C=O) groups is 5. The lowest BCUT2D eigenvalue weighted by molar-refractivity contribution is -0.141. The highest BCUT2D eigenvalue weighted by Crippen LogP contribution is 2.37. The third kappa shape index (κ3) is 13.8. The van der Waals surface area contributed by atoms with E-state index in [1.807, 2.05) is 0 Å². The van der Waals surface area contributed by atoms with Crippen LogP contribution in [0.3, 0.4) is 0 Å². The van der Waals surface area contributed by atoms with Gasteiger partial charge in [0, 0.05) is 44.4 Å². The summed E-state index contributed by atoms with van der Waals surface area (Å²) in [6, 6.07) is 0.914. The van der Waals surface area contributed by atoms with Crippen LogP contribution in [0.1, 0.15) is 48.7 Å². The van der Waals surface area contributed by atoms with Gasteiger partial charge < -0.3 is 20.8 Å². The molecule has 2 aromatic heterocycles. The minimum absolute atomic E-state index is 0.0508. The zero-order valence-corrected chi connectivity index (χ0v) is 28.3. The second-order valence-corrected chi connectivity index (χ2v) is 14.4. The van der Waals surface area contributed by atoms with Crippen molar-refractivity contribution in [2.24, 2.45) is 0 Å². The molecular formula is C25H30Cl2N6O7S4. The van der Waals surface area contributed by atoms with Crippen LogP contribution in [0.15, 0.2) is 34.7 Å². The zero-order valence-electron chi connectivity index (χ0n) is 23.5. The number of carbonyl (C=O) groups excluding carboxylic acids is 3. The minimum atomic E-state index is -1.23. The summed E-state index contributed by atoms with van der Waals surface area (Å²) < 4.78 is 0. The van der Waals surface area contributed by atoms with Crippen LogP contribution in [0.25, 0.3) is 0 Å². The Morgan fingerprint density at radius 1 is 0.818 bits per heavy atom. The van der Waals surface area contributed by atoms with Crippen LogP contribution in [-0.2, 0) is 24.0 Å². The van der Waals surface area contributed by atoms with Crippen molar-refractivity contribution in [3.63, 3.8) is 0 Å². The van der Waals surface area contributed by atoms with Gasteiger partial charge in [-0.05, 0) is 12.1 Å². The normalized spacial score (nSPS) is 13.7. The van der Waals surface area contributed by atoms with Gasteiger partial charge in [-0.15, -0.1) is 46.7 Å². The Labute approximate surface area is 280 Å². The highest BCUT2D eigenvalue weighted by Gasteiger charge is 2.28. The number of carboxylic acid groups (broad SMARTS) is 2. The summed E-state index contributed by atoms with van der Waals surface area (Å²) in [4.78, 5) is 77.4. The van der Waals surface area contributed by atoms with Crippen molar-refractivity contribution in [3.05, 3.63) is 36.2 Å². The molecule has 19 heteroatoms. The Bertz CT molecular complexity index is 1220. The molecule has 2 amide bonds. The van der Waals surface area contributed by atoms with E-state index in [0.29, 0.717) is 15.7 Å². The van der Waals surface area contributed by atoms with E-state index >= 15 is 0 Å².